The van der Waals surface area contributed by atoms with Gasteiger partial charge in [-0.3, -0.25) is 9.78 Å². The highest BCUT2D eigenvalue weighted by Gasteiger charge is 2.31. The number of likely N-dealkylation sites (tertiary alicyclic amines) is 1. The lowest BCUT2D eigenvalue weighted by molar-refractivity contribution is 0.0737. The van der Waals surface area contributed by atoms with Crippen molar-refractivity contribution in [3.63, 3.8) is 0 Å². The minimum atomic E-state index is 0.0806. The van der Waals surface area contributed by atoms with E-state index in [-0.39, 0.29) is 11.9 Å². The minimum Gasteiger partial charge on any atom is -0.497 e. The average Bonchev–Trinajstić information content (AvgIpc) is 3.16. The van der Waals surface area contributed by atoms with Crippen molar-refractivity contribution in [3.8, 4) is 5.75 Å². The Hall–Kier alpha value is -2.88. The molecule has 1 aromatic heterocycles. The zero-order chi connectivity index (χ0) is 18.1. The van der Waals surface area contributed by atoms with E-state index < -0.39 is 0 Å². The summed E-state index contributed by atoms with van der Waals surface area (Å²) in [5, 5.41) is 0.916. The fourth-order valence-electron chi connectivity index (χ4n) is 3.84. The van der Waals surface area contributed by atoms with Crippen molar-refractivity contribution in [2.75, 3.05) is 13.7 Å². The lowest BCUT2D eigenvalue weighted by atomic mass is 10.0. The van der Waals surface area contributed by atoms with Gasteiger partial charge < -0.3 is 9.64 Å². The molecule has 1 unspecified atom stereocenters. The van der Waals surface area contributed by atoms with Crippen LogP contribution >= 0.6 is 0 Å². The third-order valence-electron chi connectivity index (χ3n) is 5.07. The van der Waals surface area contributed by atoms with E-state index in [0.29, 0.717) is 0 Å². The first-order valence-electron chi connectivity index (χ1n) is 8.98. The summed E-state index contributed by atoms with van der Waals surface area (Å²) in [5.41, 5.74) is 3.60. The third kappa shape index (κ3) is 2.92. The van der Waals surface area contributed by atoms with Crippen molar-refractivity contribution in [1.29, 1.82) is 0 Å². The first-order chi connectivity index (χ1) is 12.7. The summed E-state index contributed by atoms with van der Waals surface area (Å²) < 4.78 is 5.36. The number of carbonyl (C=O) groups excluding carboxylic acids is 1. The van der Waals surface area contributed by atoms with Gasteiger partial charge in [0.05, 0.1) is 24.2 Å². The molecule has 0 spiro atoms. The molecule has 2 aromatic carbocycles. The molecule has 0 bridgehead atoms. The molecular formula is C22H22N2O2. The quantitative estimate of drug-likeness (QED) is 0.700. The molecule has 4 heteroatoms. The first kappa shape index (κ1) is 16.6. The Labute approximate surface area is 153 Å². The van der Waals surface area contributed by atoms with Gasteiger partial charge in [0.2, 0.25) is 0 Å². The summed E-state index contributed by atoms with van der Waals surface area (Å²) in [6, 6.07) is 17.9. The lowest BCUT2D eigenvalue weighted by Gasteiger charge is -2.26. The molecule has 1 aliphatic heterocycles. The molecule has 26 heavy (non-hydrogen) atoms. The molecule has 0 N–H and O–H groups in total. The van der Waals surface area contributed by atoms with Crippen molar-refractivity contribution in [2.24, 2.45) is 0 Å². The maximum Gasteiger partial charge on any atom is 0.255 e. The van der Waals surface area contributed by atoms with Gasteiger partial charge in [0.1, 0.15) is 5.75 Å². The molecule has 1 amide bonds. The second-order valence-electron chi connectivity index (χ2n) is 6.76. The third-order valence-corrected chi connectivity index (χ3v) is 5.07. The van der Waals surface area contributed by atoms with E-state index in [9.17, 15) is 4.79 Å². The van der Waals surface area contributed by atoms with Crippen LogP contribution in [0.1, 0.15) is 40.5 Å². The molecule has 1 fully saturated rings. The Morgan fingerprint density at radius 1 is 1.15 bits per heavy atom. The lowest BCUT2D eigenvalue weighted by Crippen LogP contribution is -2.30. The van der Waals surface area contributed by atoms with E-state index >= 15 is 0 Å². The summed E-state index contributed by atoms with van der Waals surface area (Å²) >= 11 is 0. The highest BCUT2D eigenvalue weighted by atomic mass is 16.5. The van der Waals surface area contributed by atoms with Gasteiger partial charge in [0.15, 0.2) is 0 Å². The van der Waals surface area contributed by atoms with Crippen molar-refractivity contribution in [2.45, 2.75) is 25.8 Å². The number of para-hydroxylation sites is 1. The van der Waals surface area contributed by atoms with Crippen LogP contribution in [0.2, 0.25) is 0 Å². The molecule has 4 nitrogen and oxygen atoms in total. The van der Waals surface area contributed by atoms with E-state index in [1.54, 1.807) is 7.11 Å². The number of rotatable bonds is 3. The van der Waals surface area contributed by atoms with E-state index in [1.807, 2.05) is 60.4 Å². The summed E-state index contributed by atoms with van der Waals surface area (Å²) in [5.74, 6) is 0.907. The van der Waals surface area contributed by atoms with Crippen molar-refractivity contribution in [3.05, 3.63) is 71.4 Å². The Kier molecular flexibility index (Phi) is 4.33. The van der Waals surface area contributed by atoms with Crippen molar-refractivity contribution in [1.82, 2.24) is 9.88 Å². The first-order valence-corrected chi connectivity index (χ1v) is 8.98. The number of fused-ring (bicyclic) bond motifs is 1. The van der Waals surface area contributed by atoms with Crippen LogP contribution in [0.4, 0.5) is 0 Å². The molecule has 1 saturated heterocycles. The van der Waals surface area contributed by atoms with Crippen LogP contribution < -0.4 is 4.74 Å². The maximum atomic E-state index is 13.4. The fourth-order valence-corrected chi connectivity index (χ4v) is 3.84. The summed E-state index contributed by atoms with van der Waals surface area (Å²) in [6.07, 6.45) is 1.98. The van der Waals surface area contributed by atoms with Gasteiger partial charge in [-0.2, -0.15) is 0 Å². The zero-order valence-electron chi connectivity index (χ0n) is 15.1. The van der Waals surface area contributed by atoms with Gasteiger partial charge in [-0.1, -0.05) is 30.3 Å². The molecule has 1 atom stereocenters. The smallest absolute Gasteiger partial charge is 0.255 e. The number of aromatic nitrogens is 1. The standard InChI is InChI=1S/C22H22N2O2/c1-15-13-19(18-9-3-4-10-20(18)23-15)22(25)24-12-6-11-21(24)16-7-5-8-17(14-16)26-2/h3-5,7-10,13-14,21H,6,11-12H2,1-2H3. The van der Waals surface area contributed by atoms with Gasteiger partial charge >= 0.3 is 0 Å². The Morgan fingerprint density at radius 3 is 2.85 bits per heavy atom. The predicted octanol–water partition coefficient (Wildman–Crippen LogP) is 4.53. The van der Waals surface area contributed by atoms with E-state index in [1.165, 1.54) is 0 Å². The second kappa shape index (κ2) is 6.79. The van der Waals surface area contributed by atoms with Crippen LogP contribution in [0.5, 0.6) is 5.75 Å². The number of benzene rings is 2. The highest BCUT2D eigenvalue weighted by molar-refractivity contribution is 6.06. The predicted molar refractivity (Wildman–Crippen MR) is 102 cm³/mol. The van der Waals surface area contributed by atoms with Crippen LogP contribution in [0, 0.1) is 6.92 Å². The van der Waals surface area contributed by atoms with Crippen molar-refractivity contribution < 1.29 is 9.53 Å². The number of ether oxygens (including phenoxy) is 1. The second-order valence-corrected chi connectivity index (χ2v) is 6.76. The molecule has 3 aromatic rings. The highest BCUT2D eigenvalue weighted by Crippen LogP contribution is 2.35. The van der Waals surface area contributed by atoms with E-state index in [0.717, 1.165) is 52.9 Å². The number of carbonyl (C=O) groups is 1. The minimum absolute atomic E-state index is 0.0806. The summed E-state index contributed by atoms with van der Waals surface area (Å²) in [4.78, 5) is 20.0. The number of hydrogen-bond donors (Lipinski definition) is 0. The van der Waals surface area contributed by atoms with Gasteiger partial charge in [0, 0.05) is 17.6 Å². The molecule has 0 saturated carbocycles. The SMILES string of the molecule is COc1cccc(C2CCCN2C(=O)c2cc(C)nc3ccccc23)c1. The van der Waals surface area contributed by atoms with Crippen LogP contribution in [0.3, 0.4) is 0 Å². The van der Waals surface area contributed by atoms with Crippen LogP contribution in [-0.2, 0) is 0 Å². The number of aryl methyl sites for hydroxylation is 1. The molecule has 0 radical (unpaired) electrons. The van der Waals surface area contributed by atoms with Crippen LogP contribution in [0.25, 0.3) is 10.9 Å². The topological polar surface area (TPSA) is 42.4 Å². The molecule has 132 valence electrons. The Balaban J connectivity index is 1.74. The number of methoxy groups -OCH3 is 1. The summed E-state index contributed by atoms with van der Waals surface area (Å²) in [7, 11) is 1.67. The van der Waals surface area contributed by atoms with E-state index in [2.05, 4.69) is 11.1 Å². The fraction of sp³-hybridized carbons (Fsp3) is 0.273. The van der Waals surface area contributed by atoms with Gasteiger partial charge in [0.25, 0.3) is 5.91 Å². The Bertz CT molecular complexity index is 967. The molecule has 4 rings (SSSR count). The monoisotopic (exact) mass is 346 g/mol. The normalized spacial score (nSPS) is 16.8. The molecular weight excluding hydrogens is 324 g/mol. The van der Waals surface area contributed by atoms with Gasteiger partial charge in [-0.05, 0) is 49.6 Å². The summed E-state index contributed by atoms with van der Waals surface area (Å²) in [6.45, 7) is 2.71. The van der Waals surface area contributed by atoms with Gasteiger partial charge in [-0.25, -0.2) is 0 Å². The van der Waals surface area contributed by atoms with Crippen LogP contribution in [-0.4, -0.2) is 29.4 Å². The largest absolute Gasteiger partial charge is 0.497 e. The number of pyridine rings is 1. The number of amides is 1. The average molecular weight is 346 g/mol. The van der Waals surface area contributed by atoms with Crippen LogP contribution in [0.15, 0.2) is 54.6 Å². The number of nitrogens with zero attached hydrogens (tertiary/aromatic N) is 2. The molecule has 0 aliphatic carbocycles. The van der Waals surface area contributed by atoms with Crippen molar-refractivity contribution >= 4 is 16.8 Å². The van der Waals surface area contributed by atoms with Gasteiger partial charge in [-0.15, -0.1) is 0 Å². The maximum absolute atomic E-state index is 13.4. The number of hydrogen-bond acceptors (Lipinski definition) is 3. The molecule has 1 aliphatic rings. The molecule has 2 heterocycles. The zero-order valence-corrected chi connectivity index (χ0v) is 15.1. The Morgan fingerprint density at radius 2 is 2.00 bits per heavy atom. The van der Waals surface area contributed by atoms with E-state index in [4.69, 9.17) is 4.74 Å².